The lowest BCUT2D eigenvalue weighted by Crippen LogP contribution is -2.19. The summed E-state index contributed by atoms with van der Waals surface area (Å²) in [5.74, 6) is -0.238. The summed E-state index contributed by atoms with van der Waals surface area (Å²) in [6.45, 7) is 2.20. The van der Waals surface area contributed by atoms with Gasteiger partial charge in [-0.05, 0) is 13.0 Å². The number of alkyl halides is 1. The average molecular weight is 261 g/mol. The first kappa shape index (κ1) is 11.2. The number of nitrogens with zero attached hydrogens (tertiary/aromatic N) is 2. The van der Waals surface area contributed by atoms with Crippen molar-refractivity contribution in [3.05, 3.63) is 18.0 Å². The summed E-state index contributed by atoms with van der Waals surface area (Å²) in [6, 6.07) is 1.88. The van der Waals surface area contributed by atoms with E-state index in [0.29, 0.717) is 13.0 Å². The van der Waals surface area contributed by atoms with Crippen LogP contribution in [0.15, 0.2) is 12.3 Å². The minimum Gasteiger partial charge on any atom is -0.465 e. The Morgan fingerprint density at radius 1 is 1.79 bits per heavy atom. The summed E-state index contributed by atoms with van der Waals surface area (Å²) in [5, 5.41) is 4.17. The number of halogens is 1. The zero-order chi connectivity index (χ0) is 10.6. The molecule has 1 unspecified atom stereocenters. The molecule has 5 heteroatoms. The van der Waals surface area contributed by atoms with Gasteiger partial charge in [-0.3, -0.25) is 9.48 Å². The fourth-order valence-electron chi connectivity index (χ4n) is 1.07. The lowest BCUT2D eigenvalue weighted by molar-refractivity contribution is -0.142. The molecule has 0 bridgehead atoms. The topological polar surface area (TPSA) is 44.1 Å². The van der Waals surface area contributed by atoms with Crippen LogP contribution in [0.5, 0.6) is 0 Å². The van der Waals surface area contributed by atoms with Crippen molar-refractivity contribution in [3.8, 4) is 0 Å². The fraction of sp³-hybridized carbons (Fsp3) is 0.556. The van der Waals surface area contributed by atoms with Crippen LogP contribution in [0.25, 0.3) is 0 Å². The van der Waals surface area contributed by atoms with Crippen LogP contribution in [0, 0.1) is 0 Å². The highest BCUT2D eigenvalue weighted by Gasteiger charge is 2.17. The molecule has 78 valence electrons. The van der Waals surface area contributed by atoms with E-state index in [2.05, 4.69) is 21.0 Å². The Balaban J connectivity index is 2.48. The first-order chi connectivity index (χ1) is 6.63. The number of rotatable bonds is 4. The van der Waals surface area contributed by atoms with E-state index in [1.807, 2.05) is 19.3 Å². The summed E-state index contributed by atoms with van der Waals surface area (Å²) in [5.41, 5.74) is 0.877. The Kier molecular flexibility index (Phi) is 4.13. The van der Waals surface area contributed by atoms with E-state index in [1.165, 1.54) is 0 Å². The van der Waals surface area contributed by atoms with Gasteiger partial charge in [-0.2, -0.15) is 5.10 Å². The monoisotopic (exact) mass is 260 g/mol. The lowest BCUT2D eigenvalue weighted by atomic mass is 10.2. The third-order valence-electron chi connectivity index (χ3n) is 1.70. The predicted octanol–water partition coefficient (Wildman–Crippen LogP) is 1.29. The summed E-state index contributed by atoms with van der Waals surface area (Å²) in [7, 11) is 1.84. The maximum atomic E-state index is 11.3. The van der Waals surface area contributed by atoms with E-state index in [0.717, 1.165) is 5.69 Å². The summed E-state index contributed by atoms with van der Waals surface area (Å²) in [4.78, 5) is 10.9. The van der Waals surface area contributed by atoms with Gasteiger partial charge in [0.05, 0.1) is 12.3 Å². The molecule has 1 aromatic heterocycles. The van der Waals surface area contributed by atoms with Gasteiger partial charge in [-0.15, -0.1) is 0 Å². The molecule has 0 saturated carbocycles. The van der Waals surface area contributed by atoms with E-state index in [1.54, 1.807) is 11.6 Å². The molecular weight excluding hydrogens is 248 g/mol. The predicted molar refractivity (Wildman–Crippen MR) is 56.3 cm³/mol. The minimum absolute atomic E-state index is 0.238. The largest absolute Gasteiger partial charge is 0.465 e. The van der Waals surface area contributed by atoms with Gasteiger partial charge in [-0.1, -0.05) is 15.9 Å². The first-order valence-corrected chi connectivity index (χ1v) is 5.34. The number of aromatic nitrogens is 2. The van der Waals surface area contributed by atoms with Gasteiger partial charge in [0, 0.05) is 19.7 Å². The molecule has 0 N–H and O–H groups in total. The van der Waals surface area contributed by atoms with Crippen molar-refractivity contribution >= 4 is 21.9 Å². The maximum absolute atomic E-state index is 11.3. The van der Waals surface area contributed by atoms with Gasteiger partial charge in [0.1, 0.15) is 4.83 Å². The van der Waals surface area contributed by atoms with Crippen molar-refractivity contribution in [1.82, 2.24) is 9.78 Å². The molecule has 0 spiro atoms. The van der Waals surface area contributed by atoms with Crippen molar-refractivity contribution in [2.45, 2.75) is 18.2 Å². The number of hydrogen-bond acceptors (Lipinski definition) is 3. The number of aryl methyl sites for hydroxylation is 1. The van der Waals surface area contributed by atoms with Gasteiger partial charge >= 0.3 is 5.97 Å². The highest BCUT2D eigenvalue weighted by Crippen LogP contribution is 2.09. The summed E-state index contributed by atoms with van der Waals surface area (Å²) in [6.07, 6.45) is 2.40. The molecule has 0 radical (unpaired) electrons. The third kappa shape index (κ3) is 3.14. The molecule has 0 aliphatic rings. The van der Waals surface area contributed by atoms with E-state index in [-0.39, 0.29) is 10.8 Å². The molecule has 1 rings (SSSR count). The van der Waals surface area contributed by atoms with Crippen LogP contribution in [-0.4, -0.2) is 27.2 Å². The average Bonchev–Trinajstić information content (AvgIpc) is 2.51. The van der Waals surface area contributed by atoms with Crippen LogP contribution in [0.2, 0.25) is 0 Å². The van der Waals surface area contributed by atoms with Gasteiger partial charge in [0.2, 0.25) is 0 Å². The van der Waals surface area contributed by atoms with Gasteiger partial charge in [0.15, 0.2) is 0 Å². The first-order valence-electron chi connectivity index (χ1n) is 4.42. The standard InChI is InChI=1S/C9H13BrN2O2/c1-3-14-9(13)8(10)6-7-4-5-12(2)11-7/h4-5,8H,3,6H2,1-2H3. The number of carbonyl (C=O) groups excluding carboxylic acids is 1. The number of ether oxygens (including phenoxy) is 1. The zero-order valence-corrected chi connectivity index (χ0v) is 9.82. The highest BCUT2D eigenvalue weighted by atomic mass is 79.9. The van der Waals surface area contributed by atoms with Gasteiger partial charge in [-0.25, -0.2) is 0 Å². The molecule has 14 heavy (non-hydrogen) atoms. The third-order valence-corrected chi connectivity index (χ3v) is 2.40. The molecule has 0 aliphatic carbocycles. The molecule has 1 heterocycles. The zero-order valence-electron chi connectivity index (χ0n) is 8.24. The molecule has 0 saturated heterocycles. The molecule has 4 nitrogen and oxygen atoms in total. The molecule has 0 aliphatic heterocycles. The Morgan fingerprint density at radius 3 is 3.00 bits per heavy atom. The molecule has 0 aromatic carbocycles. The van der Waals surface area contributed by atoms with E-state index in [4.69, 9.17) is 4.74 Å². The van der Waals surface area contributed by atoms with E-state index >= 15 is 0 Å². The second-order valence-electron chi connectivity index (χ2n) is 2.90. The highest BCUT2D eigenvalue weighted by molar-refractivity contribution is 9.10. The molecule has 0 amide bonds. The van der Waals surface area contributed by atoms with Crippen LogP contribution in [-0.2, 0) is 23.0 Å². The second kappa shape index (κ2) is 5.14. The normalized spacial score (nSPS) is 12.5. The van der Waals surface area contributed by atoms with Gasteiger partial charge < -0.3 is 4.74 Å². The van der Waals surface area contributed by atoms with E-state index in [9.17, 15) is 4.79 Å². The van der Waals surface area contributed by atoms with Crippen molar-refractivity contribution in [3.63, 3.8) is 0 Å². The Bertz CT molecular complexity index is 312. The van der Waals surface area contributed by atoms with Crippen molar-refractivity contribution in [2.75, 3.05) is 6.61 Å². The van der Waals surface area contributed by atoms with E-state index < -0.39 is 0 Å². The van der Waals surface area contributed by atoms with Crippen LogP contribution in [0.3, 0.4) is 0 Å². The number of hydrogen-bond donors (Lipinski definition) is 0. The van der Waals surface area contributed by atoms with Crippen LogP contribution < -0.4 is 0 Å². The lowest BCUT2D eigenvalue weighted by Gasteiger charge is -2.06. The smallest absolute Gasteiger partial charge is 0.320 e. The minimum atomic E-state index is -0.308. The maximum Gasteiger partial charge on any atom is 0.320 e. The SMILES string of the molecule is CCOC(=O)C(Br)Cc1ccn(C)n1. The Morgan fingerprint density at radius 2 is 2.50 bits per heavy atom. The van der Waals surface area contributed by atoms with Crippen LogP contribution >= 0.6 is 15.9 Å². The Labute approximate surface area is 91.4 Å². The van der Waals surface area contributed by atoms with Crippen LogP contribution in [0.1, 0.15) is 12.6 Å². The summed E-state index contributed by atoms with van der Waals surface area (Å²) < 4.78 is 6.57. The second-order valence-corrected chi connectivity index (χ2v) is 4.01. The quantitative estimate of drug-likeness (QED) is 0.606. The molecular formula is C9H13BrN2O2. The van der Waals surface area contributed by atoms with Crippen LogP contribution in [0.4, 0.5) is 0 Å². The van der Waals surface area contributed by atoms with Crippen molar-refractivity contribution in [1.29, 1.82) is 0 Å². The molecule has 0 fully saturated rings. The van der Waals surface area contributed by atoms with Crippen molar-refractivity contribution in [2.24, 2.45) is 7.05 Å². The Hall–Kier alpha value is -0.840. The fourth-order valence-corrected chi connectivity index (χ4v) is 1.54. The number of esters is 1. The number of carbonyl (C=O) groups is 1. The van der Waals surface area contributed by atoms with Crippen molar-refractivity contribution < 1.29 is 9.53 Å². The van der Waals surface area contributed by atoms with Gasteiger partial charge in [0.25, 0.3) is 0 Å². The molecule has 1 atom stereocenters. The molecule has 1 aromatic rings. The summed E-state index contributed by atoms with van der Waals surface area (Å²) >= 11 is 3.27.